The molecule has 3 nitrogen and oxygen atoms in total. The van der Waals surface area contributed by atoms with Gasteiger partial charge in [0.05, 0.1) is 0 Å². The van der Waals surface area contributed by atoms with E-state index in [4.69, 9.17) is 5.11 Å². The van der Waals surface area contributed by atoms with Crippen LogP contribution >= 0.6 is 0 Å². The molecule has 0 radical (unpaired) electrons. The summed E-state index contributed by atoms with van der Waals surface area (Å²) in [6.45, 7) is 4.60. The van der Waals surface area contributed by atoms with Gasteiger partial charge >= 0.3 is 5.97 Å². The number of carbonyl (C=O) groups is 1. The van der Waals surface area contributed by atoms with E-state index in [1.165, 1.54) is 6.92 Å². The lowest BCUT2D eigenvalue weighted by molar-refractivity contribution is -0.132. The quantitative estimate of drug-likeness (QED) is 0.371. The Kier molecular flexibility index (Phi) is 12.5. The second kappa shape index (κ2) is 6.39. The van der Waals surface area contributed by atoms with Crippen molar-refractivity contribution in [1.29, 1.82) is 0 Å². The molecule has 0 saturated carbocycles. The summed E-state index contributed by atoms with van der Waals surface area (Å²) in [4.78, 5) is 9.60. The third-order valence-electron chi connectivity index (χ3n) is 0.365. The highest BCUT2D eigenvalue weighted by Gasteiger charge is 1.90. The molecule has 0 unspecified atom stereocenters. The third kappa shape index (κ3) is 9.04. The first-order chi connectivity index (χ1) is 2.64. The van der Waals surface area contributed by atoms with Crippen LogP contribution in [0.1, 0.15) is 6.92 Å². The smallest absolute Gasteiger partial charge is 0.330 e. The Bertz CT molecular complexity index is 80.0. The molecule has 0 aromatic heterocycles. The maximum Gasteiger partial charge on any atom is 0.330 e. The van der Waals surface area contributed by atoms with Crippen molar-refractivity contribution in [2.24, 2.45) is 0 Å². The van der Waals surface area contributed by atoms with Gasteiger partial charge in [0.1, 0.15) is 0 Å². The molecule has 0 aliphatic rings. The van der Waals surface area contributed by atoms with Crippen molar-refractivity contribution >= 4 is 16.9 Å². The Morgan fingerprint density at radius 1 is 1.62 bits per heavy atom. The number of aliphatic carboxylic acids is 1. The van der Waals surface area contributed by atoms with E-state index in [2.05, 4.69) is 6.58 Å². The average molecular weight is 135 g/mol. The van der Waals surface area contributed by atoms with Gasteiger partial charge < -0.3 is 11.3 Å². The Labute approximate surface area is 53.0 Å². The minimum atomic E-state index is -0.935. The third-order valence-corrected chi connectivity index (χ3v) is 0.365. The van der Waals surface area contributed by atoms with E-state index in [-0.39, 0.29) is 22.7 Å². The predicted molar refractivity (Wildman–Crippen MR) is 38.8 cm³/mol. The highest BCUT2D eigenvalue weighted by atomic mass is 28.1. The van der Waals surface area contributed by atoms with Crippen molar-refractivity contribution in [1.82, 2.24) is 6.15 Å². The molecule has 0 atom stereocenters. The Hall–Kier alpha value is -0.613. The zero-order valence-electron chi connectivity index (χ0n) is 4.27. The van der Waals surface area contributed by atoms with Crippen LogP contribution in [0, 0.1) is 0 Å². The van der Waals surface area contributed by atoms with Gasteiger partial charge in [-0.25, -0.2) is 4.79 Å². The van der Waals surface area contributed by atoms with Crippen molar-refractivity contribution in [3.05, 3.63) is 12.2 Å². The summed E-state index contributed by atoms with van der Waals surface area (Å²) in [6.07, 6.45) is 0. The largest absolute Gasteiger partial charge is 0.478 e. The van der Waals surface area contributed by atoms with Gasteiger partial charge in [-0.05, 0) is 17.9 Å². The van der Waals surface area contributed by atoms with Crippen LogP contribution in [0.5, 0.6) is 0 Å². The van der Waals surface area contributed by atoms with Gasteiger partial charge in [-0.2, -0.15) is 0 Å². The number of rotatable bonds is 1. The highest BCUT2D eigenvalue weighted by molar-refractivity contribution is 5.84. The van der Waals surface area contributed by atoms with E-state index in [1.807, 2.05) is 0 Å². The van der Waals surface area contributed by atoms with Crippen LogP contribution in [-0.4, -0.2) is 22.0 Å². The molecule has 0 fully saturated rings. The molecule has 0 bridgehead atoms. The molecule has 0 aliphatic carbocycles. The molecule has 8 heavy (non-hydrogen) atoms. The summed E-state index contributed by atoms with van der Waals surface area (Å²) in [5, 5.41) is 7.89. The molecular weight excluding hydrogens is 122 g/mol. The number of hydrogen-bond donors (Lipinski definition) is 2. The minimum absolute atomic E-state index is 0. The number of carboxylic acid groups (broad SMARTS) is 1. The minimum Gasteiger partial charge on any atom is -0.478 e. The molecule has 50 valence electrons. The summed E-state index contributed by atoms with van der Waals surface area (Å²) < 4.78 is 0. The molecule has 4 N–H and O–H groups in total. The summed E-state index contributed by atoms with van der Waals surface area (Å²) in [5.41, 5.74) is 0.176. The van der Waals surface area contributed by atoms with Crippen LogP contribution in [-0.2, 0) is 4.79 Å². The van der Waals surface area contributed by atoms with Gasteiger partial charge in [-0.15, -0.1) is 0 Å². The fraction of sp³-hybridized carbons (Fsp3) is 0.250. The standard InChI is InChI=1S/C4H6O2.H3N.H4Si/c1-3(2)4(5)6;;/h1H2,2H3,(H,5,6);1H3;1H4. The van der Waals surface area contributed by atoms with E-state index < -0.39 is 5.97 Å². The fourth-order valence-electron chi connectivity index (χ4n) is 0. The molecule has 4 heteroatoms. The fourth-order valence-corrected chi connectivity index (χ4v) is 0. The van der Waals surface area contributed by atoms with Crippen LogP contribution in [0.15, 0.2) is 12.2 Å². The van der Waals surface area contributed by atoms with Crippen LogP contribution in [0.2, 0.25) is 0 Å². The summed E-state index contributed by atoms with van der Waals surface area (Å²) >= 11 is 0. The van der Waals surface area contributed by atoms with E-state index in [1.54, 1.807) is 0 Å². The van der Waals surface area contributed by atoms with Crippen molar-refractivity contribution in [3.63, 3.8) is 0 Å². The summed E-state index contributed by atoms with van der Waals surface area (Å²) in [7, 11) is 0. The molecule has 0 spiro atoms. The normalized spacial score (nSPS) is 5.62. The number of hydrogen-bond acceptors (Lipinski definition) is 2. The van der Waals surface area contributed by atoms with Crippen LogP contribution in [0.25, 0.3) is 0 Å². The lowest BCUT2D eigenvalue weighted by Crippen LogP contribution is -1.92. The summed E-state index contributed by atoms with van der Waals surface area (Å²) in [6, 6.07) is 0. The average Bonchev–Trinajstić information content (AvgIpc) is 1.36. The summed E-state index contributed by atoms with van der Waals surface area (Å²) in [5.74, 6) is -0.935. The van der Waals surface area contributed by atoms with Gasteiger partial charge in [0, 0.05) is 5.57 Å². The zero-order valence-corrected chi connectivity index (χ0v) is 4.27. The molecule has 0 rings (SSSR count). The van der Waals surface area contributed by atoms with E-state index in [9.17, 15) is 4.79 Å². The van der Waals surface area contributed by atoms with Crippen molar-refractivity contribution in [2.75, 3.05) is 0 Å². The Morgan fingerprint density at radius 3 is 1.75 bits per heavy atom. The molecule has 0 saturated heterocycles. The van der Waals surface area contributed by atoms with Gasteiger partial charge in [0.15, 0.2) is 0 Å². The van der Waals surface area contributed by atoms with Crippen molar-refractivity contribution in [2.45, 2.75) is 6.92 Å². The van der Waals surface area contributed by atoms with Crippen LogP contribution in [0.3, 0.4) is 0 Å². The van der Waals surface area contributed by atoms with Crippen molar-refractivity contribution in [3.8, 4) is 0 Å². The number of carboxylic acids is 1. The molecule has 0 heterocycles. The predicted octanol–water partition coefficient (Wildman–Crippen LogP) is -0.642. The molecule has 0 aliphatic heterocycles. The second-order valence-corrected chi connectivity index (χ2v) is 1.09. The Morgan fingerprint density at radius 2 is 1.75 bits per heavy atom. The Balaban J connectivity index is -0.000000125. The van der Waals surface area contributed by atoms with Gasteiger partial charge in [0.2, 0.25) is 0 Å². The SMILES string of the molecule is C=C(C)C(=O)O.N.[SiH4]. The first-order valence-corrected chi connectivity index (χ1v) is 1.53. The van der Waals surface area contributed by atoms with Crippen LogP contribution < -0.4 is 6.15 Å². The zero-order chi connectivity index (χ0) is 5.15. The van der Waals surface area contributed by atoms with Crippen molar-refractivity contribution < 1.29 is 9.90 Å². The van der Waals surface area contributed by atoms with Gasteiger partial charge in [-0.1, -0.05) is 6.58 Å². The van der Waals surface area contributed by atoms with Crippen LogP contribution in [0.4, 0.5) is 0 Å². The molecule has 0 aromatic carbocycles. The van der Waals surface area contributed by atoms with E-state index in [0.717, 1.165) is 0 Å². The lowest BCUT2D eigenvalue weighted by Gasteiger charge is -1.79. The van der Waals surface area contributed by atoms with E-state index >= 15 is 0 Å². The topological polar surface area (TPSA) is 72.3 Å². The monoisotopic (exact) mass is 135 g/mol. The first-order valence-electron chi connectivity index (χ1n) is 1.53. The maximum absolute atomic E-state index is 9.60. The first kappa shape index (κ1) is 15.7. The maximum atomic E-state index is 9.60. The van der Waals surface area contributed by atoms with E-state index in [0.29, 0.717) is 0 Å². The molecular formula is C4H13NO2Si. The second-order valence-electron chi connectivity index (χ2n) is 1.09. The lowest BCUT2D eigenvalue weighted by atomic mass is 10.4. The molecule has 0 amide bonds. The highest BCUT2D eigenvalue weighted by Crippen LogP contribution is 1.81. The van der Waals surface area contributed by atoms with Gasteiger partial charge in [0.25, 0.3) is 0 Å². The van der Waals surface area contributed by atoms with Gasteiger partial charge in [-0.3, -0.25) is 0 Å². The molecule has 0 aromatic rings.